The third-order valence-corrected chi connectivity index (χ3v) is 6.65. The molecule has 0 fully saturated rings. The van der Waals surface area contributed by atoms with E-state index in [1.807, 2.05) is 0 Å². The molecule has 0 spiro atoms. The number of thioether (sulfide) groups is 1. The minimum Gasteiger partial charge on any atom is -0.345 e. The molecule has 41 heavy (non-hydrogen) atoms. The Kier molecular flexibility index (Phi) is 8.92. The number of anilines is 1. The van der Waals surface area contributed by atoms with Crippen LogP contribution in [0, 0.1) is 0 Å². The number of amides is 2. The molecular formula is C26H18ClF6N5O2S. The van der Waals surface area contributed by atoms with E-state index < -0.39 is 46.5 Å². The molecule has 15 heteroatoms. The van der Waals surface area contributed by atoms with Crippen LogP contribution in [0.3, 0.4) is 0 Å². The number of nitrogens with one attached hydrogen (secondary N) is 2. The Hall–Kier alpha value is -4.04. The zero-order valence-corrected chi connectivity index (χ0v) is 22.1. The van der Waals surface area contributed by atoms with Crippen LogP contribution in [0.15, 0.2) is 78.0 Å². The van der Waals surface area contributed by atoms with Gasteiger partial charge < -0.3 is 10.6 Å². The van der Waals surface area contributed by atoms with Gasteiger partial charge >= 0.3 is 12.4 Å². The highest BCUT2D eigenvalue weighted by Crippen LogP contribution is 2.35. The molecule has 0 unspecified atom stereocenters. The molecule has 4 rings (SSSR count). The Labute approximate surface area is 237 Å². The van der Waals surface area contributed by atoms with Gasteiger partial charge in [0, 0.05) is 5.02 Å². The lowest BCUT2D eigenvalue weighted by Crippen LogP contribution is -2.27. The Morgan fingerprint density at radius 2 is 1.51 bits per heavy atom. The van der Waals surface area contributed by atoms with Gasteiger partial charge in [0.2, 0.25) is 5.91 Å². The lowest BCUT2D eigenvalue weighted by Gasteiger charge is -2.14. The first kappa shape index (κ1) is 29.9. The summed E-state index contributed by atoms with van der Waals surface area (Å²) in [4.78, 5) is 25.2. The topological polar surface area (TPSA) is 88.9 Å². The second-order valence-corrected chi connectivity index (χ2v) is 9.70. The lowest BCUT2D eigenvalue weighted by atomic mass is 10.1. The first-order valence-electron chi connectivity index (χ1n) is 11.6. The Bertz CT molecular complexity index is 1570. The van der Waals surface area contributed by atoms with Crippen molar-refractivity contribution in [3.63, 3.8) is 0 Å². The predicted octanol–water partition coefficient (Wildman–Crippen LogP) is 6.62. The molecule has 4 aromatic rings. The van der Waals surface area contributed by atoms with Gasteiger partial charge in [0.1, 0.15) is 0 Å². The van der Waals surface area contributed by atoms with E-state index in [9.17, 15) is 35.9 Å². The second kappa shape index (κ2) is 12.2. The van der Waals surface area contributed by atoms with Gasteiger partial charge in [-0.1, -0.05) is 53.7 Å². The molecule has 0 aliphatic heterocycles. The highest BCUT2D eigenvalue weighted by molar-refractivity contribution is 7.99. The monoisotopic (exact) mass is 613 g/mol. The maximum Gasteiger partial charge on any atom is 0.418 e. The van der Waals surface area contributed by atoms with Gasteiger partial charge in [0.15, 0.2) is 11.0 Å². The normalized spacial score (nSPS) is 11.8. The van der Waals surface area contributed by atoms with E-state index in [1.54, 1.807) is 18.2 Å². The molecule has 7 nitrogen and oxygen atoms in total. The number of rotatable bonds is 8. The molecule has 0 radical (unpaired) electrons. The summed E-state index contributed by atoms with van der Waals surface area (Å²) in [7, 11) is 0. The van der Waals surface area contributed by atoms with Crippen molar-refractivity contribution in [3.8, 4) is 5.69 Å². The van der Waals surface area contributed by atoms with Crippen LogP contribution in [-0.4, -0.2) is 32.3 Å². The minimum absolute atomic E-state index is 0.0930. The summed E-state index contributed by atoms with van der Waals surface area (Å²) in [5, 5.41) is 13.1. The standard InChI is InChI=1S/C26H18ClF6N5O2S/c27-15-6-5-7-16(12-15)38-21(13-34-23(40)17-8-1-2-9-18(17)25(28,29)30)36-37-24(38)41-14-22(39)35-20-11-4-3-10-19(20)26(31,32)33/h1-12H,13-14H2,(H,34,40)(H,35,39). The van der Waals surface area contributed by atoms with Crippen LogP contribution in [0.5, 0.6) is 0 Å². The number of hydrogen-bond acceptors (Lipinski definition) is 5. The molecule has 1 heterocycles. The average Bonchev–Trinajstić information content (AvgIpc) is 3.32. The molecular weight excluding hydrogens is 596 g/mol. The quantitative estimate of drug-likeness (QED) is 0.172. The minimum atomic E-state index is -4.75. The molecule has 2 amide bonds. The number of nitrogens with zero attached hydrogens (tertiary/aromatic N) is 3. The number of para-hydroxylation sites is 1. The summed E-state index contributed by atoms with van der Waals surface area (Å²) in [6.45, 7) is -0.351. The zero-order valence-electron chi connectivity index (χ0n) is 20.6. The van der Waals surface area contributed by atoms with Crippen molar-refractivity contribution in [2.24, 2.45) is 0 Å². The molecule has 0 saturated heterocycles. The van der Waals surface area contributed by atoms with E-state index in [4.69, 9.17) is 11.6 Å². The molecule has 0 atom stereocenters. The summed E-state index contributed by atoms with van der Waals surface area (Å²) in [6, 6.07) is 15.1. The average molecular weight is 614 g/mol. The van der Waals surface area contributed by atoms with Crippen molar-refractivity contribution in [2.45, 2.75) is 24.1 Å². The van der Waals surface area contributed by atoms with E-state index in [1.165, 1.54) is 28.8 Å². The molecule has 2 N–H and O–H groups in total. The molecule has 0 saturated carbocycles. The Morgan fingerprint density at radius 1 is 0.854 bits per heavy atom. The largest absolute Gasteiger partial charge is 0.418 e. The van der Waals surface area contributed by atoms with Crippen molar-refractivity contribution >= 4 is 40.9 Å². The van der Waals surface area contributed by atoms with Gasteiger partial charge in [-0.2, -0.15) is 26.3 Å². The summed E-state index contributed by atoms with van der Waals surface area (Å²) in [5.74, 6) is -2.03. The van der Waals surface area contributed by atoms with Gasteiger partial charge in [0.25, 0.3) is 5.91 Å². The number of benzene rings is 3. The van der Waals surface area contributed by atoms with E-state index in [0.717, 1.165) is 42.1 Å². The SMILES string of the molecule is O=C(CSc1nnc(CNC(=O)c2ccccc2C(F)(F)F)n1-c1cccc(Cl)c1)Nc1ccccc1C(F)(F)F. The number of carbonyl (C=O) groups is 2. The van der Waals surface area contributed by atoms with Crippen LogP contribution >= 0.6 is 23.4 Å². The maximum absolute atomic E-state index is 13.4. The third kappa shape index (κ3) is 7.38. The number of aromatic nitrogens is 3. The van der Waals surface area contributed by atoms with Gasteiger partial charge in [-0.25, -0.2) is 0 Å². The Morgan fingerprint density at radius 3 is 2.20 bits per heavy atom. The van der Waals surface area contributed by atoms with E-state index >= 15 is 0 Å². The molecule has 0 bridgehead atoms. The molecule has 1 aromatic heterocycles. The number of hydrogen-bond donors (Lipinski definition) is 2. The fourth-order valence-electron chi connectivity index (χ4n) is 3.72. The van der Waals surface area contributed by atoms with Crippen LogP contribution in [0.4, 0.5) is 32.0 Å². The first-order valence-corrected chi connectivity index (χ1v) is 12.9. The fraction of sp³-hybridized carbons (Fsp3) is 0.154. The third-order valence-electron chi connectivity index (χ3n) is 5.49. The summed E-state index contributed by atoms with van der Waals surface area (Å²) >= 11 is 6.95. The lowest BCUT2D eigenvalue weighted by molar-refractivity contribution is -0.138. The van der Waals surface area contributed by atoms with Gasteiger partial charge in [-0.05, 0) is 42.5 Å². The number of halogens is 7. The van der Waals surface area contributed by atoms with Crippen LogP contribution in [0.1, 0.15) is 27.3 Å². The molecule has 0 aliphatic carbocycles. The van der Waals surface area contributed by atoms with Crippen molar-refractivity contribution in [1.82, 2.24) is 20.1 Å². The number of carbonyl (C=O) groups excluding carboxylic acids is 2. The van der Waals surface area contributed by atoms with Crippen molar-refractivity contribution < 1.29 is 35.9 Å². The molecule has 0 aliphatic rings. The molecule has 214 valence electrons. The van der Waals surface area contributed by atoms with Crippen LogP contribution < -0.4 is 10.6 Å². The van der Waals surface area contributed by atoms with Crippen molar-refractivity contribution in [3.05, 3.63) is 100 Å². The smallest absolute Gasteiger partial charge is 0.345 e. The highest BCUT2D eigenvalue weighted by Gasteiger charge is 2.35. The van der Waals surface area contributed by atoms with Crippen molar-refractivity contribution in [2.75, 3.05) is 11.1 Å². The van der Waals surface area contributed by atoms with E-state index in [0.29, 0.717) is 10.7 Å². The fourth-order valence-corrected chi connectivity index (χ4v) is 4.68. The first-order chi connectivity index (χ1) is 19.3. The van der Waals surface area contributed by atoms with Crippen LogP contribution in [-0.2, 0) is 23.7 Å². The summed E-state index contributed by atoms with van der Waals surface area (Å²) < 4.78 is 81.3. The van der Waals surface area contributed by atoms with Gasteiger partial charge in [0.05, 0.1) is 40.4 Å². The second-order valence-electron chi connectivity index (χ2n) is 8.32. The Balaban J connectivity index is 1.54. The molecule has 3 aromatic carbocycles. The summed E-state index contributed by atoms with van der Waals surface area (Å²) in [6.07, 6.45) is -9.43. The van der Waals surface area contributed by atoms with Gasteiger partial charge in [-0.3, -0.25) is 14.2 Å². The van der Waals surface area contributed by atoms with Gasteiger partial charge in [-0.15, -0.1) is 10.2 Å². The highest BCUT2D eigenvalue weighted by atomic mass is 35.5. The summed E-state index contributed by atoms with van der Waals surface area (Å²) in [5.41, 5.74) is -2.70. The van der Waals surface area contributed by atoms with Crippen LogP contribution in [0.25, 0.3) is 5.69 Å². The van der Waals surface area contributed by atoms with E-state index in [2.05, 4.69) is 20.8 Å². The predicted molar refractivity (Wildman–Crippen MR) is 140 cm³/mol. The number of alkyl halides is 6. The maximum atomic E-state index is 13.4. The van der Waals surface area contributed by atoms with E-state index in [-0.39, 0.29) is 23.3 Å². The van der Waals surface area contributed by atoms with Crippen LogP contribution in [0.2, 0.25) is 5.02 Å². The zero-order chi connectivity index (χ0) is 29.8. The van der Waals surface area contributed by atoms with Crippen molar-refractivity contribution in [1.29, 1.82) is 0 Å².